The predicted octanol–water partition coefficient (Wildman–Crippen LogP) is 4.87. The highest BCUT2D eigenvalue weighted by Crippen LogP contribution is 2.30. The number of halogens is 4. The van der Waals surface area contributed by atoms with Gasteiger partial charge in [-0.1, -0.05) is 18.2 Å². The van der Waals surface area contributed by atoms with Gasteiger partial charge in [0.05, 0.1) is 6.54 Å². The van der Waals surface area contributed by atoms with Crippen molar-refractivity contribution in [1.29, 1.82) is 0 Å². The third kappa shape index (κ3) is 6.08. The molecule has 2 aromatic heterocycles. The molecule has 0 unspecified atom stereocenters. The van der Waals surface area contributed by atoms with Crippen LogP contribution in [0.4, 0.5) is 13.2 Å². The summed E-state index contributed by atoms with van der Waals surface area (Å²) >= 11 is 0.964. The maximum atomic E-state index is 12.6. The molecular weight excluding hydrogens is 514 g/mol. The van der Waals surface area contributed by atoms with Crippen LogP contribution in [0.5, 0.6) is 0 Å². The standard InChI is InChI=1S/C19H22F3N5S.HI/c1-3-23-18(25-10-17-27-16(11-28-17)19(20,21)22)24-9-8-13-12(2)26-15-7-5-4-6-14(13)15;/h4-7,11,26H,3,8-10H2,1-2H3,(H2,23,24,25);1H. The molecule has 0 spiro atoms. The molecule has 0 fully saturated rings. The summed E-state index contributed by atoms with van der Waals surface area (Å²) in [5, 5.41) is 8.89. The van der Waals surface area contributed by atoms with Crippen LogP contribution >= 0.6 is 35.3 Å². The number of benzene rings is 1. The van der Waals surface area contributed by atoms with E-state index in [0.29, 0.717) is 24.1 Å². The minimum absolute atomic E-state index is 0. The molecule has 0 atom stereocenters. The second-order valence-corrected chi connectivity index (χ2v) is 7.21. The van der Waals surface area contributed by atoms with Gasteiger partial charge in [-0.25, -0.2) is 9.98 Å². The van der Waals surface area contributed by atoms with Crippen molar-refractivity contribution in [3.8, 4) is 0 Å². The Morgan fingerprint density at radius 1 is 1.24 bits per heavy atom. The molecule has 1 aromatic carbocycles. The van der Waals surface area contributed by atoms with Crippen molar-refractivity contribution in [1.82, 2.24) is 20.6 Å². The third-order valence-corrected chi connectivity index (χ3v) is 5.09. The number of hydrogen-bond donors (Lipinski definition) is 3. The Balaban J connectivity index is 0.00000300. The number of aromatic amines is 1. The molecule has 158 valence electrons. The number of guanidine groups is 1. The summed E-state index contributed by atoms with van der Waals surface area (Å²) in [6.45, 7) is 5.40. The van der Waals surface area contributed by atoms with Gasteiger partial charge in [0.15, 0.2) is 11.7 Å². The number of thiazole rings is 1. The number of aryl methyl sites for hydroxylation is 1. The molecule has 0 bridgehead atoms. The summed E-state index contributed by atoms with van der Waals surface area (Å²) in [5.41, 5.74) is 2.62. The van der Waals surface area contributed by atoms with Crippen molar-refractivity contribution < 1.29 is 13.2 Å². The molecule has 3 N–H and O–H groups in total. The number of nitrogens with one attached hydrogen (secondary N) is 3. The number of nitrogens with zero attached hydrogens (tertiary/aromatic N) is 2. The van der Waals surface area contributed by atoms with Gasteiger partial charge in [-0.2, -0.15) is 13.2 Å². The number of H-pyrrole nitrogens is 1. The van der Waals surface area contributed by atoms with Gasteiger partial charge in [0.25, 0.3) is 0 Å². The first kappa shape index (κ1) is 23.5. The highest BCUT2D eigenvalue weighted by Gasteiger charge is 2.33. The highest BCUT2D eigenvalue weighted by molar-refractivity contribution is 14.0. The van der Waals surface area contributed by atoms with E-state index in [1.165, 1.54) is 10.9 Å². The molecule has 2 heterocycles. The molecule has 0 aliphatic rings. The first-order chi connectivity index (χ1) is 13.4. The van der Waals surface area contributed by atoms with E-state index in [4.69, 9.17) is 0 Å². The van der Waals surface area contributed by atoms with Crippen LogP contribution < -0.4 is 10.6 Å². The van der Waals surface area contributed by atoms with E-state index >= 15 is 0 Å². The molecule has 29 heavy (non-hydrogen) atoms. The molecule has 0 saturated carbocycles. The molecule has 10 heteroatoms. The average Bonchev–Trinajstić information content (AvgIpc) is 3.24. The zero-order valence-electron chi connectivity index (χ0n) is 16.1. The Morgan fingerprint density at radius 3 is 2.69 bits per heavy atom. The number of fused-ring (bicyclic) bond motifs is 1. The van der Waals surface area contributed by atoms with Crippen molar-refractivity contribution in [2.45, 2.75) is 33.0 Å². The van der Waals surface area contributed by atoms with Gasteiger partial charge in [0, 0.05) is 35.1 Å². The van der Waals surface area contributed by atoms with E-state index in [-0.39, 0.29) is 30.5 Å². The summed E-state index contributed by atoms with van der Waals surface area (Å²) in [6, 6.07) is 8.16. The molecule has 0 aliphatic heterocycles. The van der Waals surface area contributed by atoms with Gasteiger partial charge in [-0.3, -0.25) is 0 Å². The van der Waals surface area contributed by atoms with Gasteiger partial charge in [0.2, 0.25) is 0 Å². The Hall–Kier alpha value is -1.82. The third-order valence-electron chi connectivity index (χ3n) is 4.25. The first-order valence-electron chi connectivity index (χ1n) is 8.98. The minimum atomic E-state index is -4.42. The lowest BCUT2D eigenvalue weighted by Crippen LogP contribution is -2.38. The Bertz CT molecular complexity index is 964. The van der Waals surface area contributed by atoms with Crippen molar-refractivity contribution in [2.24, 2.45) is 4.99 Å². The van der Waals surface area contributed by atoms with Gasteiger partial charge < -0.3 is 15.6 Å². The SMILES string of the molecule is CCNC(=NCc1nc(C(F)(F)F)cs1)NCCc1c(C)[nH]c2ccccc12.I. The molecule has 0 amide bonds. The number of alkyl halides is 3. The van der Waals surface area contributed by atoms with Crippen molar-refractivity contribution in [2.75, 3.05) is 13.1 Å². The Morgan fingerprint density at radius 2 is 2.00 bits per heavy atom. The fourth-order valence-electron chi connectivity index (χ4n) is 2.96. The maximum absolute atomic E-state index is 12.6. The second kappa shape index (κ2) is 10.3. The van der Waals surface area contributed by atoms with Crippen LogP contribution in [0.25, 0.3) is 10.9 Å². The molecule has 3 rings (SSSR count). The Labute approximate surface area is 188 Å². The lowest BCUT2D eigenvalue weighted by atomic mass is 10.1. The summed E-state index contributed by atoms with van der Waals surface area (Å²) in [4.78, 5) is 11.3. The lowest BCUT2D eigenvalue weighted by Gasteiger charge is -2.11. The zero-order chi connectivity index (χ0) is 20.1. The zero-order valence-corrected chi connectivity index (χ0v) is 19.2. The average molecular weight is 537 g/mol. The number of para-hydroxylation sites is 1. The molecule has 5 nitrogen and oxygen atoms in total. The minimum Gasteiger partial charge on any atom is -0.358 e. The maximum Gasteiger partial charge on any atom is 0.434 e. The van der Waals surface area contributed by atoms with Crippen LogP contribution in [-0.2, 0) is 19.1 Å². The molecular formula is C19H23F3IN5S. The van der Waals surface area contributed by atoms with Gasteiger partial charge in [0.1, 0.15) is 5.01 Å². The van der Waals surface area contributed by atoms with Crippen LogP contribution in [0.3, 0.4) is 0 Å². The van der Waals surface area contributed by atoms with Crippen LogP contribution in [0.1, 0.15) is 28.9 Å². The van der Waals surface area contributed by atoms with Crippen LogP contribution in [0.2, 0.25) is 0 Å². The van der Waals surface area contributed by atoms with Gasteiger partial charge in [-0.15, -0.1) is 35.3 Å². The van der Waals surface area contributed by atoms with Gasteiger partial charge >= 0.3 is 6.18 Å². The Kier molecular flexibility index (Phi) is 8.32. The van der Waals surface area contributed by atoms with Crippen LogP contribution in [0.15, 0.2) is 34.6 Å². The van der Waals surface area contributed by atoms with Crippen LogP contribution in [-0.4, -0.2) is 29.0 Å². The van der Waals surface area contributed by atoms with Gasteiger partial charge in [-0.05, 0) is 31.9 Å². The van der Waals surface area contributed by atoms with Crippen molar-refractivity contribution in [3.05, 3.63) is 51.6 Å². The van der Waals surface area contributed by atoms with Crippen molar-refractivity contribution >= 4 is 52.2 Å². The molecule has 0 saturated heterocycles. The van der Waals surface area contributed by atoms with E-state index in [1.54, 1.807) is 0 Å². The van der Waals surface area contributed by atoms with E-state index in [1.807, 2.05) is 25.1 Å². The highest BCUT2D eigenvalue weighted by atomic mass is 127. The predicted molar refractivity (Wildman–Crippen MR) is 122 cm³/mol. The fraction of sp³-hybridized carbons (Fsp3) is 0.368. The monoisotopic (exact) mass is 537 g/mol. The van der Waals surface area contributed by atoms with E-state index in [9.17, 15) is 13.2 Å². The summed E-state index contributed by atoms with van der Waals surface area (Å²) in [6.07, 6.45) is -3.62. The fourth-order valence-corrected chi connectivity index (χ4v) is 3.69. The first-order valence-corrected chi connectivity index (χ1v) is 9.86. The number of rotatable bonds is 6. The topological polar surface area (TPSA) is 65.1 Å². The number of aliphatic imine (C=N–C) groups is 1. The van der Waals surface area contributed by atoms with Crippen LogP contribution in [0, 0.1) is 6.92 Å². The summed E-state index contributed by atoms with van der Waals surface area (Å²) < 4.78 is 37.9. The second-order valence-electron chi connectivity index (χ2n) is 6.27. The van der Waals surface area contributed by atoms with E-state index in [0.717, 1.165) is 34.3 Å². The number of aromatic nitrogens is 2. The quantitative estimate of drug-likeness (QED) is 0.239. The summed E-state index contributed by atoms with van der Waals surface area (Å²) in [5.74, 6) is 0.559. The molecule has 0 aliphatic carbocycles. The molecule has 0 radical (unpaired) electrons. The van der Waals surface area contributed by atoms with Crippen molar-refractivity contribution in [3.63, 3.8) is 0 Å². The molecule has 3 aromatic rings. The van der Waals surface area contributed by atoms with E-state index < -0.39 is 11.9 Å². The smallest absolute Gasteiger partial charge is 0.358 e. The number of hydrogen-bond acceptors (Lipinski definition) is 3. The lowest BCUT2D eigenvalue weighted by molar-refractivity contribution is -0.140. The summed E-state index contributed by atoms with van der Waals surface area (Å²) in [7, 11) is 0. The van der Waals surface area contributed by atoms with E-state index in [2.05, 4.69) is 38.6 Å². The normalized spacial score (nSPS) is 12.1. The largest absolute Gasteiger partial charge is 0.434 e.